The minimum absolute atomic E-state index is 0.0347. The minimum Gasteiger partial charge on any atom is -0.507 e. The Morgan fingerprint density at radius 1 is 0.333 bits per heavy atom. The van der Waals surface area contributed by atoms with Crippen molar-refractivity contribution in [3.05, 3.63) is 265 Å². The van der Waals surface area contributed by atoms with Crippen LogP contribution in [0, 0.1) is 0 Å². The number of aldehydes is 2. The number of phenolic OH excluding ortho intramolecular Hbond substituents is 4. The van der Waals surface area contributed by atoms with Crippen molar-refractivity contribution in [1.82, 2.24) is 0 Å². The number of rotatable bonds is 8. The van der Waals surface area contributed by atoms with Crippen molar-refractivity contribution in [2.24, 2.45) is 9.98 Å². The molecule has 12 aromatic carbocycles. The molecule has 9 N–H and O–H groups in total. The van der Waals surface area contributed by atoms with Crippen LogP contribution in [0.4, 0.5) is 22.7 Å². The second-order valence-corrected chi connectivity index (χ2v) is 18.2. The molecule has 12 aromatic rings. The van der Waals surface area contributed by atoms with Gasteiger partial charge in [-0.05, 0) is 123 Å². The topological polar surface area (TPSA) is 212 Å². The van der Waals surface area contributed by atoms with Gasteiger partial charge >= 0.3 is 0 Å². The van der Waals surface area contributed by atoms with Gasteiger partial charge in [0.05, 0.1) is 22.5 Å². The van der Waals surface area contributed by atoms with Gasteiger partial charge in [0.25, 0.3) is 0 Å². The monoisotopic (exact) mass is 1070 g/mol. The van der Waals surface area contributed by atoms with Crippen molar-refractivity contribution < 1.29 is 35.1 Å². The Balaban J connectivity index is 0.000000166. The third-order valence-electron chi connectivity index (χ3n) is 12.9. The van der Waals surface area contributed by atoms with Gasteiger partial charge in [0.1, 0.15) is 23.0 Å². The molecule has 0 amide bonds. The molecule has 0 saturated carbocycles. The van der Waals surface area contributed by atoms with Gasteiger partial charge in [-0.3, -0.25) is 19.6 Å². The Bertz CT molecular complexity index is 3940. The summed E-state index contributed by atoms with van der Waals surface area (Å²) in [5, 5.41) is 54.8. The number of carbonyl (C=O) groups excluding carboxylic acids is 2. The van der Waals surface area contributed by atoms with E-state index >= 15 is 0 Å². The number of nitrogen functional groups attached to an aromatic ring is 2. The Morgan fingerprint density at radius 2 is 0.580 bits per heavy atom. The number of aromatic hydroxyl groups is 4. The molecule has 0 aromatic heterocycles. The van der Waals surface area contributed by atoms with Gasteiger partial charge in [-0.2, -0.15) is 0 Å². The number of anilines is 2. The Morgan fingerprint density at radius 3 is 0.864 bits per heavy atom. The molecule has 0 fully saturated rings. The van der Waals surface area contributed by atoms with Gasteiger partial charge < -0.3 is 37.0 Å². The van der Waals surface area contributed by atoms with E-state index in [-0.39, 0.29) is 29.6 Å². The van der Waals surface area contributed by atoms with Gasteiger partial charge in [0.15, 0.2) is 12.6 Å². The summed E-state index contributed by atoms with van der Waals surface area (Å²) in [6.45, 7) is 1.93. The molecular weight excluding hydrogens is 1010 g/mol. The predicted octanol–water partition coefficient (Wildman–Crippen LogP) is 15.8. The van der Waals surface area contributed by atoms with E-state index in [4.69, 9.17) is 36.8 Å². The highest BCUT2D eigenvalue weighted by Gasteiger charge is 2.18. The smallest absolute Gasteiger partial charge is 0.153 e. The third-order valence-corrected chi connectivity index (χ3v) is 12.9. The van der Waals surface area contributed by atoms with Gasteiger partial charge in [0, 0.05) is 63.8 Å². The normalized spacial score (nSPS) is 10.7. The van der Waals surface area contributed by atoms with E-state index in [1.807, 2.05) is 97.1 Å². The molecule has 0 aliphatic rings. The molecule has 11 heteroatoms. The number of para-hydroxylation sites is 4. The zero-order valence-electron chi connectivity index (χ0n) is 44.2. The molecule has 0 bridgehead atoms. The first-order chi connectivity index (χ1) is 39.5. The highest BCUT2D eigenvalue weighted by atomic mass is 16.3. The summed E-state index contributed by atoms with van der Waals surface area (Å²) in [6, 6.07) is 76.3. The first-order valence-corrected chi connectivity index (χ1v) is 25.8. The number of aliphatic imine (C=N–C) groups is 2. The number of nitrogens with zero attached hydrogens (tertiary/aromatic N) is 2. The van der Waals surface area contributed by atoms with E-state index in [1.54, 1.807) is 80.0 Å². The van der Waals surface area contributed by atoms with Crippen LogP contribution in [0.3, 0.4) is 0 Å². The quantitative estimate of drug-likeness (QED) is 0.0438. The molecule has 0 radical (unpaired) electrons. The van der Waals surface area contributed by atoms with Crippen LogP contribution in [0.2, 0.25) is 0 Å². The second kappa shape index (κ2) is 27.4. The van der Waals surface area contributed by atoms with Crippen LogP contribution in [0.1, 0.15) is 38.8 Å². The van der Waals surface area contributed by atoms with Crippen molar-refractivity contribution in [1.29, 1.82) is 0 Å². The average molecular weight is 1070 g/mol. The molecular formula is C70H58N4O7. The lowest BCUT2D eigenvalue weighted by atomic mass is 9.91. The molecule has 12 rings (SSSR count). The Hall–Kier alpha value is -10.9. The summed E-state index contributed by atoms with van der Waals surface area (Å²) in [7, 11) is 0. The highest BCUT2D eigenvalue weighted by molar-refractivity contribution is 6.15. The van der Waals surface area contributed by atoms with Gasteiger partial charge in [-0.1, -0.05) is 170 Å². The van der Waals surface area contributed by atoms with Crippen LogP contribution in [-0.4, -0.2) is 57.1 Å². The Kier molecular flexibility index (Phi) is 19.1. The number of nitrogens with two attached hydrogens (primary N) is 2. The standard InChI is InChI=1S/C34H24N2O2.C20H16N2.2C7H6O2.C2H6O/c37-31-15-7-3-11-25(31)21-35-29-19-17-23-9-1-5-13-27(23)33(29)34-28-14-6-2-10-24(28)18-20-30(34)36-22-26-12-4-8-16-32(26)38;21-17-11-9-13-5-1-3-7-15(13)19(17)20-16-8-4-2-6-14(16)10-12-18(20)22;2*8-5-6-3-1-2-4-7(6)9;1-2-3/h1-22,37-38H;1-12H,21-22H2;2*1-5,9H;3H,2H2,1H3. The molecule has 0 saturated heterocycles. The van der Waals surface area contributed by atoms with Crippen LogP contribution in [-0.2, 0) is 0 Å². The number of fused-ring (bicyclic) bond motifs is 4. The first-order valence-electron chi connectivity index (χ1n) is 25.8. The minimum atomic E-state index is 0.0347. The van der Waals surface area contributed by atoms with Crippen molar-refractivity contribution >= 4 is 90.8 Å². The molecule has 0 atom stereocenters. The number of aliphatic hydroxyl groups is 1. The lowest BCUT2D eigenvalue weighted by molar-refractivity contribution is 0.111. The van der Waals surface area contributed by atoms with E-state index in [9.17, 15) is 19.8 Å². The molecule has 0 spiro atoms. The molecule has 0 unspecified atom stereocenters. The SMILES string of the molecule is CCO.Nc1ccc2ccccc2c1-c1c(N)ccc2ccccc12.O=Cc1ccccc1O.O=Cc1ccccc1O.Oc1ccccc1C=Nc1ccc2ccccc2c1-c1c(N=Cc2ccccc2O)ccc2ccccc12. The summed E-state index contributed by atoms with van der Waals surface area (Å²) < 4.78 is 0. The average Bonchev–Trinajstić information content (AvgIpc) is 3.66. The van der Waals surface area contributed by atoms with Gasteiger partial charge in [-0.15, -0.1) is 0 Å². The van der Waals surface area contributed by atoms with E-state index in [1.165, 1.54) is 22.9 Å². The van der Waals surface area contributed by atoms with Crippen LogP contribution < -0.4 is 11.5 Å². The maximum absolute atomic E-state index is 10.3. The summed E-state index contributed by atoms with van der Waals surface area (Å²) in [5.41, 5.74) is 21.6. The summed E-state index contributed by atoms with van der Waals surface area (Å²) in [4.78, 5) is 29.9. The number of benzene rings is 12. The van der Waals surface area contributed by atoms with Crippen molar-refractivity contribution in [2.75, 3.05) is 18.1 Å². The number of phenols is 4. The number of hydrogen-bond acceptors (Lipinski definition) is 11. The molecule has 0 aliphatic heterocycles. The van der Waals surface area contributed by atoms with E-state index in [0.717, 1.165) is 77.3 Å². The zero-order chi connectivity index (χ0) is 57.1. The van der Waals surface area contributed by atoms with Crippen molar-refractivity contribution in [3.63, 3.8) is 0 Å². The fraction of sp³-hybridized carbons (Fsp3) is 0.0286. The van der Waals surface area contributed by atoms with Crippen LogP contribution in [0.15, 0.2) is 253 Å². The molecule has 81 heavy (non-hydrogen) atoms. The molecule has 0 heterocycles. The summed E-state index contributed by atoms with van der Waals surface area (Å²) >= 11 is 0. The maximum atomic E-state index is 10.3. The summed E-state index contributed by atoms with van der Waals surface area (Å²) in [5.74, 6) is 0.424. The van der Waals surface area contributed by atoms with Crippen molar-refractivity contribution in [3.8, 4) is 45.3 Å². The molecule has 400 valence electrons. The predicted molar refractivity (Wildman–Crippen MR) is 333 cm³/mol. The number of aliphatic hydroxyl groups excluding tert-OH is 1. The Labute approximate surface area is 469 Å². The van der Waals surface area contributed by atoms with E-state index in [2.05, 4.69) is 72.8 Å². The van der Waals surface area contributed by atoms with E-state index in [0.29, 0.717) is 34.8 Å². The van der Waals surface area contributed by atoms with Crippen LogP contribution >= 0.6 is 0 Å². The van der Waals surface area contributed by atoms with Crippen LogP contribution in [0.25, 0.3) is 65.3 Å². The third kappa shape index (κ3) is 13.6. The largest absolute Gasteiger partial charge is 0.507 e. The molecule has 11 nitrogen and oxygen atoms in total. The second-order valence-electron chi connectivity index (χ2n) is 18.2. The number of hydrogen-bond donors (Lipinski definition) is 7. The fourth-order valence-electron chi connectivity index (χ4n) is 9.04. The van der Waals surface area contributed by atoms with Crippen LogP contribution in [0.5, 0.6) is 23.0 Å². The lowest BCUT2D eigenvalue weighted by Gasteiger charge is -2.16. The molecule has 0 aliphatic carbocycles. The zero-order valence-corrected chi connectivity index (χ0v) is 44.2. The van der Waals surface area contributed by atoms with Gasteiger partial charge in [0.2, 0.25) is 0 Å². The van der Waals surface area contributed by atoms with Crippen molar-refractivity contribution in [2.45, 2.75) is 6.92 Å². The fourth-order valence-corrected chi connectivity index (χ4v) is 9.04. The highest BCUT2D eigenvalue weighted by Crippen LogP contribution is 2.46. The summed E-state index contributed by atoms with van der Waals surface area (Å²) in [6.07, 6.45) is 4.63. The lowest BCUT2D eigenvalue weighted by Crippen LogP contribution is -1.96. The maximum Gasteiger partial charge on any atom is 0.153 e. The first kappa shape index (κ1) is 56.3. The number of carbonyl (C=O) groups is 2. The van der Waals surface area contributed by atoms with Gasteiger partial charge in [-0.25, -0.2) is 0 Å². The van der Waals surface area contributed by atoms with E-state index < -0.39 is 0 Å².